The van der Waals surface area contributed by atoms with Crippen LogP contribution in [0.25, 0.3) is 0 Å². The van der Waals surface area contributed by atoms with E-state index < -0.39 is 0 Å². The van der Waals surface area contributed by atoms with Crippen molar-refractivity contribution in [3.63, 3.8) is 0 Å². The van der Waals surface area contributed by atoms with Gasteiger partial charge in [0.05, 0.1) is 25.0 Å². The molecule has 1 heterocycles. The van der Waals surface area contributed by atoms with Gasteiger partial charge in [-0.2, -0.15) is 5.10 Å². The number of anilines is 1. The van der Waals surface area contributed by atoms with Crippen LogP contribution in [-0.4, -0.2) is 41.3 Å². The van der Waals surface area contributed by atoms with Gasteiger partial charge in [0.2, 0.25) is 0 Å². The van der Waals surface area contributed by atoms with Crippen LogP contribution in [0.15, 0.2) is 11.0 Å². The summed E-state index contributed by atoms with van der Waals surface area (Å²) in [5, 5.41) is 16.2. The maximum Gasteiger partial charge on any atom is 0.287 e. The number of hydrogen-bond donors (Lipinski definition) is 2. The lowest BCUT2D eigenvalue weighted by molar-refractivity contribution is 0.182. The first-order valence-corrected chi connectivity index (χ1v) is 6.63. The summed E-state index contributed by atoms with van der Waals surface area (Å²) >= 11 is 6.04. The zero-order valence-corrected chi connectivity index (χ0v) is 12.0. The molecule has 0 saturated carbocycles. The van der Waals surface area contributed by atoms with Gasteiger partial charge in [0.1, 0.15) is 5.02 Å². The standard InChI is InChI=1S/C12H20ClN3O3/c1-3-9(4-6-17)15-10-8-14-16(5-7-19-2)12(18)11(10)13/h8-9,15,17H,3-7H2,1-2H3. The van der Waals surface area contributed by atoms with E-state index in [4.69, 9.17) is 21.4 Å². The normalized spacial score (nSPS) is 12.4. The Hall–Kier alpha value is -1.11. The van der Waals surface area contributed by atoms with Gasteiger partial charge in [0.15, 0.2) is 0 Å². The summed E-state index contributed by atoms with van der Waals surface area (Å²) in [7, 11) is 1.56. The Morgan fingerprint density at radius 1 is 1.63 bits per heavy atom. The Bertz CT molecular complexity index is 450. The highest BCUT2D eigenvalue weighted by Gasteiger charge is 2.12. The van der Waals surface area contributed by atoms with Crippen LogP contribution in [-0.2, 0) is 11.3 Å². The van der Waals surface area contributed by atoms with Crippen LogP contribution in [0, 0.1) is 0 Å². The van der Waals surface area contributed by atoms with Crippen molar-refractivity contribution in [3.8, 4) is 0 Å². The third kappa shape index (κ3) is 4.49. The summed E-state index contributed by atoms with van der Waals surface area (Å²) < 4.78 is 6.17. The van der Waals surface area contributed by atoms with Gasteiger partial charge < -0.3 is 15.2 Å². The lowest BCUT2D eigenvalue weighted by Crippen LogP contribution is -2.28. The van der Waals surface area contributed by atoms with E-state index in [1.165, 1.54) is 10.9 Å². The van der Waals surface area contributed by atoms with Crippen molar-refractivity contribution >= 4 is 17.3 Å². The minimum Gasteiger partial charge on any atom is -0.396 e. The number of aliphatic hydroxyl groups is 1. The maximum absolute atomic E-state index is 11.9. The van der Waals surface area contributed by atoms with E-state index >= 15 is 0 Å². The minimum atomic E-state index is -0.345. The van der Waals surface area contributed by atoms with Crippen LogP contribution >= 0.6 is 11.6 Å². The Labute approximate surface area is 117 Å². The SMILES string of the molecule is CCC(CCO)Nc1cnn(CCOC)c(=O)c1Cl. The molecule has 1 aromatic heterocycles. The predicted octanol–water partition coefficient (Wildman–Crippen LogP) is 1.12. The average Bonchev–Trinajstić information content (AvgIpc) is 2.42. The van der Waals surface area contributed by atoms with E-state index in [0.717, 1.165) is 6.42 Å². The molecule has 0 bridgehead atoms. The van der Waals surface area contributed by atoms with Crippen LogP contribution in [0.2, 0.25) is 5.02 Å². The van der Waals surface area contributed by atoms with Crippen molar-refractivity contribution in [3.05, 3.63) is 21.6 Å². The Morgan fingerprint density at radius 3 is 2.95 bits per heavy atom. The Morgan fingerprint density at radius 2 is 2.37 bits per heavy atom. The molecule has 19 heavy (non-hydrogen) atoms. The number of methoxy groups -OCH3 is 1. The summed E-state index contributed by atoms with van der Waals surface area (Å²) in [6.07, 6.45) is 2.95. The van der Waals surface area contributed by atoms with Crippen molar-refractivity contribution in [1.82, 2.24) is 9.78 Å². The highest BCUT2D eigenvalue weighted by molar-refractivity contribution is 6.32. The number of rotatable bonds is 8. The third-order valence-electron chi connectivity index (χ3n) is 2.82. The van der Waals surface area contributed by atoms with E-state index in [1.54, 1.807) is 7.11 Å². The number of halogens is 1. The van der Waals surface area contributed by atoms with Gasteiger partial charge in [0.25, 0.3) is 5.56 Å². The third-order valence-corrected chi connectivity index (χ3v) is 3.19. The number of nitrogens with zero attached hydrogens (tertiary/aromatic N) is 2. The summed E-state index contributed by atoms with van der Waals surface area (Å²) in [4.78, 5) is 11.9. The van der Waals surface area contributed by atoms with Crippen LogP contribution in [0.1, 0.15) is 19.8 Å². The van der Waals surface area contributed by atoms with Crippen LogP contribution in [0.4, 0.5) is 5.69 Å². The van der Waals surface area contributed by atoms with Gasteiger partial charge in [-0.15, -0.1) is 0 Å². The summed E-state index contributed by atoms with van der Waals surface area (Å²) in [5.74, 6) is 0. The Kier molecular flexibility index (Phi) is 6.83. The molecule has 0 aliphatic heterocycles. The Balaban J connectivity index is 2.86. The first-order valence-electron chi connectivity index (χ1n) is 6.26. The maximum atomic E-state index is 11.9. The minimum absolute atomic E-state index is 0.0681. The number of ether oxygens (including phenoxy) is 1. The van der Waals surface area contributed by atoms with Gasteiger partial charge >= 0.3 is 0 Å². The largest absolute Gasteiger partial charge is 0.396 e. The fourth-order valence-corrected chi connectivity index (χ4v) is 1.86. The fraction of sp³-hybridized carbons (Fsp3) is 0.667. The van der Waals surface area contributed by atoms with E-state index in [-0.39, 0.29) is 23.2 Å². The molecule has 0 fully saturated rings. The van der Waals surface area contributed by atoms with Crippen LogP contribution < -0.4 is 10.9 Å². The molecule has 1 rings (SSSR count). The van der Waals surface area contributed by atoms with Gasteiger partial charge in [-0.3, -0.25) is 4.79 Å². The second kappa shape index (κ2) is 8.14. The highest BCUT2D eigenvalue weighted by atomic mass is 35.5. The first kappa shape index (κ1) is 15.9. The molecule has 0 aliphatic carbocycles. The molecule has 1 unspecified atom stereocenters. The number of nitrogens with one attached hydrogen (secondary N) is 1. The van der Waals surface area contributed by atoms with Crippen LogP contribution in [0.5, 0.6) is 0 Å². The van der Waals surface area contributed by atoms with E-state index in [9.17, 15) is 4.79 Å². The topological polar surface area (TPSA) is 76.4 Å². The lowest BCUT2D eigenvalue weighted by atomic mass is 10.1. The van der Waals surface area contributed by atoms with E-state index in [0.29, 0.717) is 25.3 Å². The molecule has 0 aliphatic rings. The molecule has 0 amide bonds. The van der Waals surface area contributed by atoms with Gasteiger partial charge in [-0.1, -0.05) is 18.5 Å². The van der Waals surface area contributed by atoms with Crippen molar-refractivity contribution in [2.24, 2.45) is 0 Å². The van der Waals surface area contributed by atoms with Crippen molar-refractivity contribution in [2.75, 3.05) is 25.6 Å². The van der Waals surface area contributed by atoms with Crippen molar-refractivity contribution in [2.45, 2.75) is 32.4 Å². The second-order valence-corrected chi connectivity index (χ2v) is 4.53. The van der Waals surface area contributed by atoms with Gasteiger partial charge in [-0.25, -0.2) is 4.68 Å². The molecule has 0 saturated heterocycles. The quantitative estimate of drug-likeness (QED) is 0.750. The monoisotopic (exact) mass is 289 g/mol. The molecule has 6 nitrogen and oxygen atoms in total. The first-order chi connectivity index (χ1) is 9.13. The molecule has 0 spiro atoms. The molecule has 0 aromatic carbocycles. The number of aromatic nitrogens is 2. The van der Waals surface area contributed by atoms with Crippen molar-refractivity contribution < 1.29 is 9.84 Å². The van der Waals surface area contributed by atoms with Crippen LogP contribution in [0.3, 0.4) is 0 Å². The summed E-state index contributed by atoms with van der Waals surface area (Å²) in [6.45, 7) is 2.84. The molecule has 2 N–H and O–H groups in total. The number of aliphatic hydroxyl groups excluding tert-OH is 1. The zero-order chi connectivity index (χ0) is 14.3. The lowest BCUT2D eigenvalue weighted by Gasteiger charge is -2.18. The number of hydrogen-bond acceptors (Lipinski definition) is 5. The van der Waals surface area contributed by atoms with Gasteiger partial charge in [-0.05, 0) is 12.8 Å². The molecule has 1 aromatic rings. The molecule has 108 valence electrons. The van der Waals surface area contributed by atoms with Crippen molar-refractivity contribution in [1.29, 1.82) is 0 Å². The second-order valence-electron chi connectivity index (χ2n) is 4.16. The zero-order valence-electron chi connectivity index (χ0n) is 11.2. The smallest absolute Gasteiger partial charge is 0.287 e. The van der Waals surface area contributed by atoms with Gasteiger partial charge in [0, 0.05) is 19.8 Å². The van der Waals surface area contributed by atoms with E-state index in [1.807, 2.05) is 6.92 Å². The summed E-state index contributed by atoms with van der Waals surface area (Å²) in [5.41, 5.74) is 0.156. The molecule has 1 atom stereocenters. The molecule has 0 radical (unpaired) electrons. The summed E-state index contributed by atoms with van der Waals surface area (Å²) in [6, 6.07) is 0.0681. The predicted molar refractivity (Wildman–Crippen MR) is 74.8 cm³/mol. The average molecular weight is 290 g/mol. The molecule has 7 heteroatoms. The molecular formula is C12H20ClN3O3. The fourth-order valence-electron chi connectivity index (χ4n) is 1.66. The van der Waals surface area contributed by atoms with E-state index in [2.05, 4.69) is 10.4 Å². The molecular weight excluding hydrogens is 270 g/mol. The highest BCUT2D eigenvalue weighted by Crippen LogP contribution is 2.18.